The van der Waals surface area contributed by atoms with Gasteiger partial charge < -0.3 is 15.3 Å². The molecule has 2 aliphatic rings. The Hall–Kier alpha value is -1.62. The first-order valence-corrected chi connectivity index (χ1v) is 7.58. The third kappa shape index (κ3) is 2.88. The molecule has 3 rings (SSSR count). The zero-order chi connectivity index (χ0) is 14.9. The molecule has 114 valence electrons. The van der Waals surface area contributed by atoms with E-state index in [-0.39, 0.29) is 22.6 Å². The van der Waals surface area contributed by atoms with Crippen molar-refractivity contribution in [2.24, 2.45) is 5.41 Å². The molecule has 1 atom stereocenters. The summed E-state index contributed by atoms with van der Waals surface area (Å²) in [6, 6.07) is 3.53. The maximum absolute atomic E-state index is 13.3. The van der Waals surface area contributed by atoms with E-state index in [9.17, 15) is 14.3 Å². The molecule has 4 nitrogen and oxygen atoms in total. The van der Waals surface area contributed by atoms with Crippen molar-refractivity contribution in [3.05, 3.63) is 29.6 Å². The first-order chi connectivity index (χ1) is 10.1. The van der Waals surface area contributed by atoms with Crippen molar-refractivity contribution in [3.63, 3.8) is 0 Å². The Bertz CT molecular complexity index is 536. The summed E-state index contributed by atoms with van der Waals surface area (Å²) in [5.41, 5.74) is 0.213. The Morgan fingerprint density at radius 2 is 2.14 bits per heavy atom. The molecule has 1 amide bonds. The van der Waals surface area contributed by atoms with Crippen LogP contribution in [0.2, 0.25) is 0 Å². The fourth-order valence-corrected chi connectivity index (χ4v) is 3.61. The van der Waals surface area contributed by atoms with Crippen LogP contribution in [-0.4, -0.2) is 42.1 Å². The van der Waals surface area contributed by atoms with Crippen LogP contribution in [0.25, 0.3) is 0 Å². The van der Waals surface area contributed by atoms with Crippen LogP contribution >= 0.6 is 0 Å². The van der Waals surface area contributed by atoms with Crippen molar-refractivity contribution < 1.29 is 14.3 Å². The third-order valence-electron chi connectivity index (χ3n) is 4.70. The number of rotatable bonds is 1. The molecule has 1 aromatic rings. The van der Waals surface area contributed by atoms with Gasteiger partial charge in [-0.2, -0.15) is 0 Å². The van der Waals surface area contributed by atoms with E-state index in [0.717, 1.165) is 50.9 Å². The van der Waals surface area contributed by atoms with Gasteiger partial charge in [-0.15, -0.1) is 0 Å². The maximum Gasteiger partial charge on any atom is 0.257 e. The van der Waals surface area contributed by atoms with Gasteiger partial charge in [-0.05, 0) is 50.4 Å². The third-order valence-corrected chi connectivity index (χ3v) is 4.70. The number of benzene rings is 1. The van der Waals surface area contributed by atoms with Gasteiger partial charge in [-0.1, -0.05) is 0 Å². The van der Waals surface area contributed by atoms with Crippen molar-refractivity contribution in [3.8, 4) is 5.75 Å². The van der Waals surface area contributed by atoms with E-state index >= 15 is 0 Å². The van der Waals surface area contributed by atoms with Crippen molar-refractivity contribution in [2.45, 2.75) is 25.7 Å². The molecule has 2 N–H and O–H groups in total. The number of aromatic hydroxyl groups is 1. The molecule has 1 spiro atoms. The molecular formula is C16H21FN2O2. The first kappa shape index (κ1) is 14.3. The van der Waals surface area contributed by atoms with Crippen LogP contribution in [0.4, 0.5) is 4.39 Å². The number of hydrogen-bond donors (Lipinski definition) is 2. The summed E-state index contributed by atoms with van der Waals surface area (Å²) in [6.45, 7) is 3.34. The number of amides is 1. The molecule has 2 fully saturated rings. The van der Waals surface area contributed by atoms with Gasteiger partial charge in [0, 0.05) is 25.0 Å². The average molecular weight is 292 g/mol. The quantitative estimate of drug-likeness (QED) is 0.834. The molecule has 0 aromatic heterocycles. The molecular weight excluding hydrogens is 271 g/mol. The Morgan fingerprint density at radius 1 is 1.33 bits per heavy atom. The highest BCUT2D eigenvalue weighted by molar-refractivity contribution is 5.96. The monoisotopic (exact) mass is 292 g/mol. The van der Waals surface area contributed by atoms with Gasteiger partial charge in [-0.25, -0.2) is 4.39 Å². The van der Waals surface area contributed by atoms with Crippen LogP contribution in [0.1, 0.15) is 36.0 Å². The van der Waals surface area contributed by atoms with Gasteiger partial charge in [0.2, 0.25) is 0 Å². The zero-order valence-corrected chi connectivity index (χ0v) is 12.1. The van der Waals surface area contributed by atoms with Crippen LogP contribution < -0.4 is 5.32 Å². The molecule has 2 saturated heterocycles. The number of hydrogen-bond acceptors (Lipinski definition) is 3. The largest absolute Gasteiger partial charge is 0.507 e. The molecule has 2 aliphatic heterocycles. The second-order valence-corrected chi connectivity index (χ2v) is 6.27. The maximum atomic E-state index is 13.3. The van der Waals surface area contributed by atoms with Crippen molar-refractivity contribution in [1.82, 2.24) is 10.2 Å². The summed E-state index contributed by atoms with van der Waals surface area (Å²) in [5.74, 6) is -0.915. The van der Waals surface area contributed by atoms with Gasteiger partial charge >= 0.3 is 0 Å². The summed E-state index contributed by atoms with van der Waals surface area (Å²) >= 11 is 0. The van der Waals surface area contributed by atoms with Gasteiger partial charge in [-0.3, -0.25) is 4.79 Å². The van der Waals surface area contributed by atoms with E-state index in [1.807, 2.05) is 0 Å². The van der Waals surface area contributed by atoms with Crippen LogP contribution in [0.5, 0.6) is 5.75 Å². The Morgan fingerprint density at radius 3 is 2.90 bits per heavy atom. The van der Waals surface area contributed by atoms with Crippen LogP contribution in [0, 0.1) is 11.2 Å². The number of nitrogens with zero attached hydrogens (tertiary/aromatic N) is 1. The Balaban J connectivity index is 1.79. The lowest BCUT2D eigenvalue weighted by molar-refractivity contribution is 0.0431. The zero-order valence-electron chi connectivity index (χ0n) is 12.1. The predicted molar refractivity (Wildman–Crippen MR) is 77.7 cm³/mol. The lowest BCUT2D eigenvalue weighted by Gasteiger charge is -2.45. The number of carbonyl (C=O) groups excluding carboxylic acids is 1. The van der Waals surface area contributed by atoms with Crippen LogP contribution in [-0.2, 0) is 0 Å². The normalized spacial score (nSPS) is 26.0. The van der Waals surface area contributed by atoms with Crippen molar-refractivity contribution >= 4 is 5.91 Å². The molecule has 0 aliphatic carbocycles. The number of nitrogens with one attached hydrogen (secondary N) is 1. The second-order valence-electron chi connectivity index (χ2n) is 6.27. The SMILES string of the molecule is O=C(c1cc(F)ccc1O)N1CCCC2(CCCNC2)C1. The number of piperidine rings is 2. The lowest BCUT2D eigenvalue weighted by atomic mass is 9.74. The minimum atomic E-state index is -0.498. The average Bonchev–Trinajstić information content (AvgIpc) is 2.50. The first-order valence-electron chi connectivity index (χ1n) is 7.58. The molecule has 1 aromatic carbocycles. The molecule has 1 unspecified atom stereocenters. The number of phenols is 1. The van der Waals surface area contributed by atoms with E-state index in [0.29, 0.717) is 13.1 Å². The standard InChI is InChI=1S/C16H21FN2O2/c17-12-3-4-14(20)13(9-12)15(21)19-8-2-6-16(11-19)5-1-7-18-10-16/h3-4,9,18,20H,1-2,5-8,10-11H2. The lowest BCUT2D eigenvalue weighted by Crippen LogP contribution is -2.52. The molecule has 5 heteroatoms. The molecule has 21 heavy (non-hydrogen) atoms. The Kier molecular flexibility index (Phi) is 3.85. The van der Waals surface area contributed by atoms with E-state index in [1.165, 1.54) is 6.07 Å². The van der Waals surface area contributed by atoms with Crippen molar-refractivity contribution in [1.29, 1.82) is 0 Å². The van der Waals surface area contributed by atoms with E-state index in [1.54, 1.807) is 4.90 Å². The minimum absolute atomic E-state index is 0.0656. The van der Waals surface area contributed by atoms with Gasteiger partial charge in [0.25, 0.3) is 5.91 Å². The van der Waals surface area contributed by atoms with Crippen LogP contribution in [0.3, 0.4) is 0 Å². The Labute approximate surface area is 124 Å². The fourth-order valence-electron chi connectivity index (χ4n) is 3.61. The summed E-state index contributed by atoms with van der Waals surface area (Å²) < 4.78 is 13.3. The van der Waals surface area contributed by atoms with Gasteiger partial charge in [0.05, 0.1) is 5.56 Å². The molecule has 0 radical (unpaired) electrons. The number of halogens is 1. The summed E-state index contributed by atoms with van der Waals surface area (Å²) in [5, 5.41) is 13.2. The summed E-state index contributed by atoms with van der Waals surface area (Å²) in [4.78, 5) is 14.3. The topological polar surface area (TPSA) is 52.6 Å². The number of likely N-dealkylation sites (tertiary alicyclic amines) is 1. The summed E-state index contributed by atoms with van der Waals surface area (Å²) in [6.07, 6.45) is 4.34. The highest BCUT2D eigenvalue weighted by Crippen LogP contribution is 2.36. The van der Waals surface area contributed by atoms with E-state index < -0.39 is 5.82 Å². The fraction of sp³-hybridized carbons (Fsp3) is 0.562. The number of phenolic OH excluding ortho intramolecular Hbond substituents is 1. The molecule has 0 saturated carbocycles. The van der Waals surface area contributed by atoms with Crippen LogP contribution in [0.15, 0.2) is 18.2 Å². The minimum Gasteiger partial charge on any atom is -0.507 e. The van der Waals surface area contributed by atoms with Gasteiger partial charge in [0.1, 0.15) is 11.6 Å². The highest BCUT2D eigenvalue weighted by Gasteiger charge is 2.38. The van der Waals surface area contributed by atoms with Gasteiger partial charge in [0.15, 0.2) is 0 Å². The van der Waals surface area contributed by atoms with Crippen molar-refractivity contribution in [2.75, 3.05) is 26.2 Å². The second kappa shape index (κ2) is 5.64. The predicted octanol–water partition coefficient (Wildman–Crippen LogP) is 2.14. The van der Waals surface area contributed by atoms with E-state index in [4.69, 9.17) is 0 Å². The molecule has 0 bridgehead atoms. The van der Waals surface area contributed by atoms with E-state index in [2.05, 4.69) is 5.32 Å². The molecule has 2 heterocycles. The summed E-state index contributed by atoms with van der Waals surface area (Å²) in [7, 11) is 0. The smallest absolute Gasteiger partial charge is 0.257 e. The highest BCUT2D eigenvalue weighted by atomic mass is 19.1. The number of carbonyl (C=O) groups is 1.